The molecule has 7 heteroatoms. The summed E-state index contributed by atoms with van der Waals surface area (Å²) < 4.78 is 6.55. The summed E-state index contributed by atoms with van der Waals surface area (Å²) in [5.74, 6) is 0.701. The summed E-state index contributed by atoms with van der Waals surface area (Å²) in [6, 6.07) is 10.3. The maximum absolute atomic E-state index is 12.4. The van der Waals surface area contributed by atoms with Gasteiger partial charge in [-0.2, -0.15) is 0 Å². The number of hydrogen-bond acceptors (Lipinski definition) is 2. The minimum Gasteiger partial charge on any atom is -0.489 e. The van der Waals surface area contributed by atoms with E-state index in [2.05, 4.69) is 27.8 Å². The molecule has 0 heterocycles. The maximum Gasteiger partial charge on any atom is 0.321 e. The lowest BCUT2D eigenvalue weighted by Gasteiger charge is -2.20. The molecule has 0 atom stereocenters. The number of nitrogens with zero attached hydrogens (tertiary/aromatic N) is 1. The zero-order valence-corrected chi connectivity index (χ0v) is 16.7. The first-order valence-electron chi connectivity index (χ1n) is 7.40. The molecule has 0 saturated carbocycles. The van der Waals surface area contributed by atoms with Gasteiger partial charge in [0.1, 0.15) is 12.4 Å². The van der Waals surface area contributed by atoms with Crippen molar-refractivity contribution in [3.05, 3.63) is 69.1 Å². The van der Waals surface area contributed by atoms with E-state index < -0.39 is 0 Å². The van der Waals surface area contributed by atoms with Crippen LogP contribution in [-0.4, -0.2) is 24.6 Å². The fourth-order valence-corrected chi connectivity index (χ4v) is 2.95. The monoisotopic (exact) mass is 442 g/mol. The van der Waals surface area contributed by atoms with Crippen molar-refractivity contribution >= 4 is 50.9 Å². The predicted molar refractivity (Wildman–Crippen MR) is 107 cm³/mol. The molecule has 0 radical (unpaired) electrons. The summed E-state index contributed by atoms with van der Waals surface area (Å²) in [6.07, 6.45) is 1.67. The van der Waals surface area contributed by atoms with Crippen LogP contribution in [0, 0.1) is 0 Å². The van der Waals surface area contributed by atoms with Crippen LogP contribution in [-0.2, 0) is 6.54 Å². The number of urea groups is 1. The van der Waals surface area contributed by atoms with Gasteiger partial charge in [0.15, 0.2) is 0 Å². The zero-order valence-electron chi connectivity index (χ0n) is 13.6. The summed E-state index contributed by atoms with van der Waals surface area (Å²) in [5.41, 5.74) is 1.37. The van der Waals surface area contributed by atoms with Crippen LogP contribution in [0.25, 0.3) is 0 Å². The molecule has 2 amide bonds. The van der Waals surface area contributed by atoms with E-state index in [0.29, 0.717) is 34.6 Å². The highest BCUT2D eigenvalue weighted by Crippen LogP contribution is 2.27. The summed E-state index contributed by atoms with van der Waals surface area (Å²) in [6.45, 7) is 4.40. The van der Waals surface area contributed by atoms with Gasteiger partial charge in [0.05, 0.1) is 17.3 Å². The molecular formula is C18H17BrCl2N2O2. The Bertz CT molecular complexity index is 784. The van der Waals surface area contributed by atoms with E-state index in [1.54, 1.807) is 31.3 Å². The normalized spacial score (nSPS) is 10.2. The smallest absolute Gasteiger partial charge is 0.321 e. The van der Waals surface area contributed by atoms with Gasteiger partial charge in [-0.25, -0.2) is 4.79 Å². The molecule has 1 N–H and O–H groups in total. The van der Waals surface area contributed by atoms with Crippen LogP contribution in [0.2, 0.25) is 10.0 Å². The van der Waals surface area contributed by atoms with Gasteiger partial charge in [-0.15, -0.1) is 0 Å². The number of carbonyl (C=O) groups excluding carboxylic acids is 1. The van der Waals surface area contributed by atoms with Gasteiger partial charge < -0.3 is 15.0 Å². The van der Waals surface area contributed by atoms with Gasteiger partial charge in [-0.1, -0.05) is 51.8 Å². The Balaban J connectivity index is 2.10. The number of anilines is 1. The third-order valence-corrected chi connectivity index (χ3v) is 4.35. The zero-order chi connectivity index (χ0) is 18.4. The number of benzene rings is 2. The summed E-state index contributed by atoms with van der Waals surface area (Å²) in [5, 5.41) is 3.65. The second-order valence-corrected chi connectivity index (χ2v) is 7.02. The molecule has 2 aromatic rings. The molecule has 0 unspecified atom stereocenters. The molecule has 0 aromatic heterocycles. The lowest BCUT2D eigenvalue weighted by atomic mass is 10.2. The summed E-state index contributed by atoms with van der Waals surface area (Å²) in [4.78, 5) is 14.0. The summed E-state index contributed by atoms with van der Waals surface area (Å²) in [7, 11) is 1.69. The van der Waals surface area contributed by atoms with Crippen molar-refractivity contribution in [1.29, 1.82) is 0 Å². The largest absolute Gasteiger partial charge is 0.489 e. The number of nitrogens with one attached hydrogen (secondary N) is 1. The molecule has 25 heavy (non-hydrogen) atoms. The number of amides is 2. The van der Waals surface area contributed by atoms with Crippen molar-refractivity contribution < 1.29 is 9.53 Å². The van der Waals surface area contributed by atoms with Crippen LogP contribution in [0.5, 0.6) is 5.75 Å². The van der Waals surface area contributed by atoms with E-state index in [1.807, 2.05) is 18.2 Å². The lowest BCUT2D eigenvalue weighted by Crippen LogP contribution is -2.31. The van der Waals surface area contributed by atoms with Crippen molar-refractivity contribution in [1.82, 2.24) is 4.90 Å². The topological polar surface area (TPSA) is 41.6 Å². The van der Waals surface area contributed by atoms with E-state index in [9.17, 15) is 4.79 Å². The molecule has 0 saturated heterocycles. The minimum atomic E-state index is -0.293. The lowest BCUT2D eigenvalue weighted by molar-refractivity contribution is 0.220. The van der Waals surface area contributed by atoms with Gasteiger partial charge in [0.25, 0.3) is 0 Å². The average Bonchev–Trinajstić information content (AvgIpc) is 2.56. The first-order chi connectivity index (χ1) is 11.9. The van der Waals surface area contributed by atoms with Crippen LogP contribution in [0.15, 0.2) is 53.5 Å². The molecule has 132 valence electrons. The standard InChI is InChI=1S/C18H17BrCl2N2O2/c1-3-8-25-17-7-4-13(19)9-12(17)11-23(2)18(24)22-16-6-5-14(20)10-15(16)21/h3-7,9-10H,1,8,11H2,2H3,(H,22,24). The van der Waals surface area contributed by atoms with E-state index in [-0.39, 0.29) is 6.03 Å². The first kappa shape index (κ1) is 19.6. The molecule has 0 fully saturated rings. The van der Waals surface area contributed by atoms with Crippen LogP contribution >= 0.6 is 39.1 Å². The molecule has 0 aliphatic rings. The Morgan fingerprint density at radius 3 is 2.76 bits per heavy atom. The van der Waals surface area contributed by atoms with Crippen LogP contribution in [0.3, 0.4) is 0 Å². The highest BCUT2D eigenvalue weighted by Gasteiger charge is 2.14. The third kappa shape index (κ3) is 5.66. The Kier molecular flexibility index (Phi) is 7.17. The van der Waals surface area contributed by atoms with Crippen molar-refractivity contribution in [2.45, 2.75) is 6.54 Å². The average molecular weight is 444 g/mol. The fraction of sp³-hybridized carbons (Fsp3) is 0.167. The molecule has 0 spiro atoms. The quantitative estimate of drug-likeness (QED) is 0.557. The second-order valence-electron chi connectivity index (χ2n) is 5.26. The Morgan fingerprint density at radius 2 is 2.08 bits per heavy atom. The SMILES string of the molecule is C=CCOc1ccc(Br)cc1CN(C)C(=O)Nc1ccc(Cl)cc1Cl. The number of halogens is 3. The van der Waals surface area contributed by atoms with Gasteiger partial charge in [0.2, 0.25) is 0 Å². The maximum atomic E-state index is 12.4. The Hall–Kier alpha value is -1.69. The van der Waals surface area contributed by atoms with Crippen LogP contribution in [0.1, 0.15) is 5.56 Å². The van der Waals surface area contributed by atoms with Gasteiger partial charge in [-0.3, -0.25) is 0 Å². The van der Waals surface area contributed by atoms with E-state index in [1.165, 1.54) is 4.90 Å². The van der Waals surface area contributed by atoms with Crippen LogP contribution in [0.4, 0.5) is 10.5 Å². The highest BCUT2D eigenvalue weighted by atomic mass is 79.9. The highest BCUT2D eigenvalue weighted by molar-refractivity contribution is 9.10. The number of ether oxygens (including phenoxy) is 1. The van der Waals surface area contributed by atoms with Gasteiger partial charge in [-0.05, 0) is 36.4 Å². The van der Waals surface area contributed by atoms with Gasteiger partial charge in [0, 0.05) is 22.1 Å². The summed E-state index contributed by atoms with van der Waals surface area (Å²) >= 11 is 15.4. The Morgan fingerprint density at radius 1 is 1.32 bits per heavy atom. The molecule has 0 bridgehead atoms. The van der Waals surface area contributed by atoms with Crippen LogP contribution < -0.4 is 10.1 Å². The van der Waals surface area contributed by atoms with Crippen molar-refractivity contribution in [2.24, 2.45) is 0 Å². The number of carbonyl (C=O) groups is 1. The Labute approximate surface area is 165 Å². The van der Waals surface area contributed by atoms with Crippen molar-refractivity contribution in [2.75, 3.05) is 19.0 Å². The molecule has 0 aliphatic heterocycles. The first-order valence-corrected chi connectivity index (χ1v) is 8.95. The number of hydrogen-bond donors (Lipinski definition) is 1. The molecule has 4 nitrogen and oxygen atoms in total. The molecule has 2 rings (SSSR count). The van der Waals surface area contributed by atoms with Crippen molar-refractivity contribution in [3.8, 4) is 5.75 Å². The van der Waals surface area contributed by atoms with Crippen molar-refractivity contribution in [3.63, 3.8) is 0 Å². The third-order valence-electron chi connectivity index (χ3n) is 3.31. The van der Waals surface area contributed by atoms with E-state index in [0.717, 1.165) is 10.0 Å². The second kappa shape index (κ2) is 9.13. The molecule has 2 aromatic carbocycles. The van der Waals surface area contributed by atoms with Gasteiger partial charge >= 0.3 is 6.03 Å². The number of rotatable bonds is 6. The molecular weight excluding hydrogens is 427 g/mol. The van der Waals surface area contributed by atoms with E-state index in [4.69, 9.17) is 27.9 Å². The predicted octanol–water partition coefficient (Wildman–Crippen LogP) is 5.98. The fourth-order valence-electron chi connectivity index (χ4n) is 2.09. The van der Waals surface area contributed by atoms with E-state index >= 15 is 0 Å². The minimum absolute atomic E-state index is 0.293. The molecule has 0 aliphatic carbocycles.